The molecule has 4 aromatic rings. The van der Waals surface area contributed by atoms with Crippen molar-refractivity contribution in [2.75, 3.05) is 5.32 Å². The van der Waals surface area contributed by atoms with Gasteiger partial charge in [0.25, 0.3) is 17.7 Å². The molecule has 0 radical (unpaired) electrons. The van der Waals surface area contributed by atoms with E-state index in [-0.39, 0.29) is 29.9 Å². The number of nitrogens with one attached hydrogen (secondary N) is 2. The highest BCUT2D eigenvalue weighted by Crippen LogP contribution is 2.30. The maximum absolute atomic E-state index is 13.4. The average molecular weight is 575 g/mol. The molecule has 214 valence electrons. The molecule has 6 rings (SSSR count). The molecule has 1 atom stereocenters. The van der Waals surface area contributed by atoms with E-state index in [4.69, 9.17) is 0 Å². The van der Waals surface area contributed by atoms with Gasteiger partial charge in [-0.05, 0) is 55.7 Å². The number of nitriles is 1. The van der Waals surface area contributed by atoms with Crippen LogP contribution in [0.2, 0.25) is 0 Å². The molecule has 3 aromatic carbocycles. The van der Waals surface area contributed by atoms with Crippen molar-refractivity contribution in [3.8, 4) is 6.07 Å². The SMILES string of the molecule is CC(C)(C(=O)Nc1ccc(C#N)c2ccccc12)n1cc(Cc2ccc3c(c2)C(=O)N(C2CCC(=O)NC2=O)C3=O)cn1. The third kappa shape index (κ3) is 4.72. The molecule has 3 heterocycles. The molecule has 0 spiro atoms. The van der Waals surface area contributed by atoms with Crippen molar-refractivity contribution in [1.82, 2.24) is 20.0 Å². The molecule has 1 unspecified atom stereocenters. The third-order valence-electron chi connectivity index (χ3n) is 7.97. The second-order valence-corrected chi connectivity index (χ2v) is 11.1. The normalized spacial score (nSPS) is 16.7. The number of anilines is 1. The lowest BCUT2D eigenvalue weighted by molar-refractivity contribution is -0.136. The smallest absolute Gasteiger partial charge is 0.262 e. The fourth-order valence-electron chi connectivity index (χ4n) is 5.51. The standard InChI is InChI=1S/C32H26N6O5/c1-32(2,31(43)35-25-10-8-20(15-33)21-5-3-4-6-22(21)25)37-17-19(16-34-37)13-18-7-9-23-24(14-18)30(42)38(29(23)41)26-11-12-27(39)36-28(26)40/h3-10,14,16-17,26H,11-13H2,1-2H3,(H,35,43)(H,36,39,40). The van der Waals surface area contributed by atoms with Crippen molar-refractivity contribution in [3.63, 3.8) is 0 Å². The Kier molecular flexibility index (Phi) is 6.61. The number of nitrogens with zero attached hydrogens (tertiary/aromatic N) is 4. The van der Waals surface area contributed by atoms with Gasteiger partial charge in [-0.2, -0.15) is 10.4 Å². The number of hydrogen-bond acceptors (Lipinski definition) is 7. The Hall–Kier alpha value is -5.63. The summed E-state index contributed by atoms with van der Waals surface area (Å²) < 4.78 is 1.57. The predicted octanol–water partition coefficient (Wildman–Crippen LogP) is 3.27. The molecule has 1 aromatic heterocycles. The van der Waals surface area contributed by atoms with Gasteiger partial charge in [-0.3, -0.25) is 38.9 Å². The van der Waals surface area contributed by atoms with Crippen molar-refractivity contribution in [3.05, 3.63) is 94.8 Å². The minimum Gasteiger partial charge on any atom is -0.323 e. The first-order valence-corrected chi connectivity index (χ1v) is 13.7. The molecule has 2 N–H and O–H groups in total. The number of hydrogen-bond donors (Lipinski definition) is 2. The fraction of sp³-hybridized carbons (Fsp3) is 0.219. The van der Waals surface area contributed by atoms with E-state index in [0.717, 1.165) is 26.8 Å². The summed E-state index contributed by atoms with van der Waals surface area (Å²) in [5.41, 5.74) is 1.97. The summed E-state index contributed by atoms with van der Waals surface area (Å²) in [6.07, 6.45) is 3.92. The number of rotatable bonds is 6. The Bertz CT molecular complexity index is 1920. The molecule has 2 aliphatic rings. The summed E-state index contributed by atoms with van der Waals surface area (Å²) in [5.74, 6) is -2.51. The van der Waals surface area contributed by atoms with Gasteiger partial charge in [-0.15, -0.1) is 0 Å². The number of imide groups is 2. The van der Waals surface area contributed by atoms with Crippen LogP contribution < -0.4 is 10.6 Å². The van der Waals surface area contributed by atoms with Crippen LogP contribution in [0.25, 0.3) is 10.8 Å². The lowest BCUT2D eigenvalue weighted by Crippen LogP contribution is -2.54. The first-order valence-electron chi connectivity index (χ1n) is 13.7. The first kappa shape index (κ1) is 27.5. The van der Waals surface area contributed by atoms with Gasteiger partial charge >= 0.3 is 0 Å². The maximum atomic E-state index is 13.4. The average Bonchev–Trinajstić information content (AvgIpc) is 3.56. The van der Waals surface area contributed by atoms with E-state index in [2.05, 4.69) is 21.8 Å². The number of carbonyl (C=O) groups excluding carboxylic acids is 5. The van der Waals surface area contributed by atoms with E-state index < -0.39 is 35.2 Å². The zero-order valence-electron chi connectivity index (χ0n) is 23.4. The van der Waals surface area contributed by atoms with E-state index in [0.29, 0.717) is 17.7 Å². The highest BCUT2D eigenvalue weighted by atomic mass is 16.2. The number of benzene rings is 3. The molecule has 11 nitrogen and oxygen atoms in total. The van der Waals surface area contributed by atoms with Crippen LogP contribution in [-0.2, 0) is 26.3 Å². The van der Waals surface area contributed by atoms with E-state index in [9.17, 15) is 29.2 Å². The lowest BCUT2D eigenvalue weighted by Gasteiger charge is -2.27. The van der Waals surface area contributed by atoms with E-state index >= 15 is 0 Å². The zero-order valence-corrected chi connectivity index (χ0v) is 23.4. The van der Waals surface area contributed by atoms with Crippen molar-refractivity contribution in [1.29, 1.82) is 5.26 Å². The van der Waals surface area contributed by atoms with Gasteiger partial charge in [-0.1, -0.05) is 30.3 Å². The first-order chi connectivity index (χ1) is 20.6. The summed E-state index contributed by atoms with van der Waals surface area (Å²) >= 11 is 0. The van der Waals surface area contributed by atoms with Gasteiger partial charge < -0.3 is 5.32 Å². The highest BCUT2D eigenvalue weighted by molar-refractivity contribution is 6.23. The number of amides is 5. The summed E-state index contributed by atoms with van der Waals surface area (Å²) in [5, 5.41) is 20.6. The van der Waals surface area contributed by atoms with Crippen molar-refractivity contribution in [2.45, 2.75) is 44.7 Å². The molecule has 0 saturated carbocycles. The Morgan fingerprint density at radius 2 is 1.77 bits per heavy atom. The Morgan fingerprint density at radius 1 is 1.02 bits per heavy atom. The molecule has 5 amide bonds. The molecule has 2 aliphatic heterocycles. The number of fused-ring (bicyclic) bond motifs is 2. The molecule has 43 heavy (non-hydrogen) atoms. The quantitative estimate of drug-likeness (QED) is 0.335. The second-order valence-electron chi connectivity index (χ2n) is 11.1. The lowest BCUT2D eigenvalue weighted by atomic mass is 10.0. The Labute approximate surface area is 246 Å². The van der Waals surface area contributed by atoms with Gasteiger partial charge in [0.15, 0.2) is 0 Å². The molecular formula is C32H26N6O5. The fourth-order valence-corrected chi connectivity index (χ4v) is 5.51. The number of carbonyl (C=O) groups is 5. The van der Waals surface area contributed by atoms with Crippen molar-refractivity contribution in [2.24, 2.45) is 0 Å². The van der Waals surface area contributed by atoms with Gasteiger partial charge in [0.1, 0.15) is 11.6 Å². The summed E-state index contributed by atoms with van der Waals surface area (Å²) in [6.45, 7) is 3.49. The minimum atomic E-state index is -1.07. The zero-order chi connectivity index (χ0) is 30.5. The topological polar surface area (TPSA) is 154 Å². The molecular weight excluding hydrogens is 548 g/mol. The van der Waals surface area contributed by atoms with Crippen molar-refractivity contribution >= 4 is 46.0 Å². The monoisotopic (exact) mass is 574 g/mol. The van der Waals surface area contributed by atoms with E-state index in [1.807, 2.05) is 24.3 Å². The third-order valence-corrected chi connectivity index (χ3v) is 7.97. The molecule has 1 fully saturated rings. The van der Waals surface area contributed by atoms with Crippen LogP contribution in [-0.4, -0.2) is 50.3 Å². The van der Waals surface area contributed by atoms with Crippen LogP contribution in [0.3, 0.4) is 0 Å². The van der Waals surface area contributed by atoms with Gasteiger partial charge in [0.05, 0.1) is 29.0 Å². The number of aromatic nitrogens is 2. The number of piperidine rings is 1. The van der Waals surface area contributed by atoms with Gasteiger partial charge in [0.2, 0.25) is 11.8 Å². The van der Waals surface area contributed by atoms with Gasteiger partial charge in [0, 0.05) is 35.5 Å². The molecule has 1 saturated heterocycles. The van der Waals surface area contributed by atoms with Crippen LogP contribution in [0.4, 0.5) is 5.69 Å². The summed E-state index contributed by atoms with van der Waals surface area (Å²) in [7, 11) is 0. The van der Waals surface area contributed by atoms with Crippen LogP contribution in [0.5, 0.6) is 0 Å². The Morgan fingerprint density at radius 3 is 2.51 bits per heavy atom. The highest BCUT2D eigenvalue weighted by Gasteiger charge is 2.44. The molecule has 11 heteroatoms. The van der Waals surface area contributed by atoms with Crippen LogP contribution in [0, 0.1) is 11.3 Å². The van der Waals surface area contributed by atoms with E-state index in [1.165, 1.54) is 0 Å². The van der Waals surface area contributed by atoms with Crippen LogP contribution in [0.1, 0.15) is 64.1 Å². The Balaban J connectivity index is 1.19. The predicted molar refractivity (Wildman–Crippen MR) is 155 cm³/mol. The minimum absolute atomic E-state index is 0.0531. The maximum Gasteiger partial charge on any atom is 0.262 e. The largest absolute Gasteiger partial charge is 0.323 e. The second kappa shape index (κ2) is 10.3. The van der Waals surface area contributed by atoms with E-state index in [1.54, 1.807) is 61.3 Å². The molecule has 0 aliphatic carbocycles. The van der Waals surface area contributed by atoms with Gasteiger partial charge in [-0.25, -0.2) is 0 Å². The summed E-state index contributed by atoms with van der Waals surface area (Å²) in [4.78, 5) is 64.4. The summed E-state index contributed by atoms with van der Waals surface area (Å²) in [6, 6.07) is 16.9. The van der Waals surface area contributed by atoms with Crippen molar-refractivity contribution < 1.29 is 24.0 Å². The van der Waals surface area contributed by atoms with Crippen LogP contribution >= 0.6 is 0 Å². The molecule has 0 bridgehead atoms. The van der Waals surface area contributed by atoms with Crippen LogP contribution in [0.15, 0.2) is 67.0 Å².